The molecule has 42 heavy (non-hydrogen) atoms. The molecule has 5 rings (SSSR count). The van der Waals surface area contributed by atoms with Gasteiger partial charge in [0.15, 0.2) is 8.32 Å². The number of anilines is 1. The molecule has 0 aliphatic carbocycles. The van der Waals surface area contributed by atoms with Gasteiger partial charge >= 0.3 is 0 Å². The van der Waals surface area contributed by atoms with E-state index in [9.17, 15) is 19.5 Å². The third kappa shape index (κ3) is 7.14. The fourth-order valence-corrected chi connectivity index (χ4v) is 9.98. The van der Waals surface area contributed by atoms with Crippen LogP contribution < -0.4 is 10.6 Å². The van der Waals surface area contributed by atoms with Gasteiger partial charge < -0.3 is 30.2 Å². The molecule has 2 aromatic rings. The number of fused-ring (bicyclic) bond motifs is 1. The lowest BCUT2D eigenvalue weighted by molar-refractivity contribution is -0.138. The molecule has 3 aliphatic rings. The van der Waals surface area contributed by atoms with Crippen molar-refractivity contribution in [2.24, 2.45) is 11.8 Å². The summed E-state index contributed by atoms with van der Waals surface area (Å²) in [5.41, 5.74) is 4.18. The first-order valence-electron chi connectivity index (χ1n) is 15.6. The molecule has 3 aliphatic heterocycles. The van der Waals surface area contributed by atoms with Crippen LogP contribution >= 0.6 is 0 Å². The smallest absolute Gasteiger partial charge is 0.228 e. The number of hydrogen-bond donors (Lipinski definition) is 4. The summed E-state index contributed by atoms with van der Waals surface area (Å²) in [6.07, 6.45) is 3.91. The third-order valence-electron chi connectivity index (χ3n) is 9.56. The van der Waals surface area contributed by atoms with Gasteiger partial charge in [-0.3, -0.25) is 9.59 Å². The van der Waals surface area contributed by atoms with Crippen molar-refractivity contribution in [1.82, 2.24) is 10.2 Å². The standard InChI is InChI=1S/C33H47N3O5Si/c1-22-29(14-13-23-8-6-12-27(16-23)35-33(39)25-11-7-15-34-19-25)41-30(32(22)42(2,3)40)18-31(38)36-20-26-10-5-4-9-24(26)17-28(36)21-37/h4-6,8-10,12,16,22,25,28-30,32,34,37,40H,7,11,13-15,17-21H2,1-3H3,(H,35,39)/t22-,25?,28-,29+,30-,32+/m0/s1. The molecule has 2 saturated heterocycles. The Kier molecular flexibility index (Phi) is 9.84. The van der Waals surface area contributed by atoms with Crippen molar-refractivity contribution in [3.63, 3.8) is 0 Å². The number of benzene rings is 2. The number of aliphatic hydroxyl groups is 1. The van der Waals surface area contributed by atoms with E-state index in [1.54, 1.807) is 4.90 Å². The van der Waals surface area contributed by atoms with Crippen molar-refractivity contribution in [1.29, 1.82) is 0 Å². The average molecular weight is 594 g/mol. The number of aryl methyl sites for hydroxylation is 1. The number of carbonyl (C=O) groups excluding carboxylic acids is 2. The number of amides is 2. The zero-order valence-electron chi connectivity index (χ0n) is 25.2. The normalized spacial score (nSPS) is 27.9. The molecule has 2 amide bonds. The van der Waals surface area contributed by atoms with Gasteiger partial charge in [-0.1, -0.05) is 43.3 Å². The average Bonchev–Trinajstić information content (AvgIpc) is 3.30. The Bertz CT molecular complexity index is 1240. The van der Waals surface area contributed by atoms with Gasteiger partial charge in [0.05, 0.1) is 37.2 Å². The third-order valence-corrected chi connectivity index (χ3v) is 12.1. The molecule has 0 bridgehead atoms. The molecule has 9 heteroatoms. The van der Waals surface area contributed by atoms with Crippen LogP contribution in [0.4, 0.5) is 5.69 Å². The van der Waals surface area contributed by atoms with Crippen molar-refractivity contribution >= 4 is 25.8 Å². The molecule has 0 aromatic heterocycles. The molecule has 1 unspecified atom stereocenters. The summed E-state index contributed by atoms with van der Waals surface area (Å²) in [5.74, 6) is 0.163. The molecule has 8 nitrogen and oxygen atoms in total. The Labute approximate surface area is 251 Å². The van der Waals surface area contributed by atoms with Crippen molar-refractivity contribution in [3.05, 3.63) is 65.2 Å². The first-order valence-corrected chi connectivity index (χ1v) is 18.6. The molecule has 228 valence electrons. The van der Waals surface area contributed by atoms with E-state index in [0.29, 0.717) is 13.0 Å². The van der Waals surface area contributed by atoms with Gasteiger partial charge in [-0.2, -0.15) is 0 Å². The first kappa shape index (κ1) is 30.9. The summed E-state index contributed by atoms with van der Waals surface area (Å²) >= 11 is 0. The second-order valence-corrected chi connectivity index (χ2v) is 17.0. The molecular weight excluding hydrogens is 546 g/mol. The number of hydrogen-bond acceptors (Lipinski definition) is 6. The molecule has 0 radical (unpaired) electrons. The molecule has 6 atom stereocenters. The maximum Gasteiger partial charge on any atom is 0.228 e. The van der Waals surface area contributed by atoms with Gasteiger partial charge in [0.25, 0.3) is 0 Å². The lowest BCUT2D eigenvalue weighted by Crippen LogP contribution is -2.48. The van der Waals surface area contributed by atoms with Crippen LogP contribution in [0.15, 0.2) is 48.5 Å². The van der Waals surface area contributed by atoms with Crippen molar-refractivity contribution in [2.75, 3.05) is 25.0 Å². The van der Waals surface area contributed by atoms with Crippen molar-refractivity contribution < 1.29 is 24.2 Å². The maximum atomic E-state index is 13.7. The maximum absolute atomic E-state index is 13.7. The van der Waals surface area contributed by atoms with Gasteiger partial charge in [0.2, 0.25) is 11.8 Å². The monoisotopic (exact) mass is 593 g/mol. The molecule has 3 heterocycles. The largest absolute Gasteiger partial charge is 0.432 e. The van der Waals surface area contributed by atoms with Gasteiger partial charge in [0.1, 0.15) is 0 Å². The van der Waals surface area contributed by atoms with Crippen LogP contribution in [0.5, 0.6) is 0 Å². The molecule has 2 fully saturated rings. The fourth-order valence-electron chi connectivity index (χ4n) is 7.37. The molecular formula is C33H47N3O5Si. The van der Waals surface area contributed by atoms with Crippen LogP contribution in [0.3, 0.4) is 0 Å². The lowest BCUT2D eigenvalue weighted by atomic mass is 9.93. The predicted molar refractivity (Wildman–Crippen MR) is 166 cm³/mol. The lowest BCUT2D eigenvalue weighted by Gasteiger charge is -2.37. The summed E-state index contributed by atoms with van der Waals surface area (Å²) in [4.78, 5) is 39.5. The summed E-state index contributed by atoms with van der Waals surface area (Å²) in [5, 5.41) is 16.5. The summed E-state index contributed by atoms with van der Waals surface area (Å²) < 4.78 is 6.60. The van der Waals surface area contributed by atoms with Gasteiger partial charge in [0, 0.05) is 24.3 Å². The number of rotatable bonds is 9. The van der Waals surface area contributed by atoms with Crippen LogP contribution in [0.1, 0.15) is 49.3 Å². The van der Waals surface area contributed by atoms with E-state index in [0.717, 1.165) is 55.6 Å². The summed E-state index contributed by atoms with van der Waals surface area (Å²) in [6.45, 7) is 8.14. The Morgan fingerprint density at radius 2 is 1.90 bits per heavy atom. The quantitative estimate of drug-likeness (QED) is 0.329. The minimum absolute atomic E-state index is 0.00469. The SMILES string of the molecule is C[C@@H]1[C@@H]([Si](C)(C)O)[C@H](CC(=O)N2Cc3ccccc3C[C@H]2CO)O[C@@H]1CCc1cccc(NC(=O)C2CCCNC2)c1. The van der Waals surface area contributed by atoms with E-state index in [1.165, 1.54) is 5.56 Å². The molecule has 0 spiro atoms. The van der Waals surface area contributed by atoms with Crippen molar-refractivity contribution in [3.8, 4) is 0 Å². The minimum Gasteiger partial charge on any atom is -0.432 e. The van der Waals surface area contributed by atoms with Crippen LogP contribution in [0.2, 0.25) is 18.6 Å². The highest BCUT2D eigenvalue weighted by Crippen LogP contribution is 2.46. The van der Waals surface area contributed by atoms with Gasteiger partial charge in [-0.25, -0.2) is 0 Å². The fraction of sp³-hybridized carbons (Fsp3) is 0.576. The van der Waals surface area contributed by atoms with Crippen LogP contribution in [0, 0.1) is 11.8 Å². The van der Waals surface area contributed by atoms with E-state index in [4.69, 9.17) is 4.74 Å². The highest BCUT2D eigenvalue weighted by atomic mass is 28.4. The molecule has 0 saturated carbocycles. The first-order chi connectivity index (χ1) is 20.1. The topological polar surface area (TPSA) is 111 Å². The number of nitrogens with one attached hydrogen (secondary N) is 2. The summed E-state index contributed by atoms with van der Waals surface area (Å²) in [7, 11) is -2.64. The second-order valence-electron chi connectivity index (χ2n) is 13.1. The minimum atomic E-state index is -2.64. The second kappa shape index (κ2) is 13.4. The van der Waals surface area contributed by atoms with E-state index in [1.807, 2.05) is 49.5 Å². The number of piperidine rings is 1. The van der Waals surface area contributed by atoms with E-state index < -0.39 is 8.32 Å². The Morgan fingerprint density at radius 1 is 1.12 bits per heavy atom. The molecule has 2 aromatic carbocycles. The number of nitrogens with zero attached hydrogens (tertiary/aromatic N) is 1. The van der Waals surface area contributed by atoms with E-state index >= 15 is 0 Å². The van der Waals surface area contributed by atoms with Crippen molar-refractivity contribution in [2.45, 2.75) is 88.9 Å². The van der Waals surface area contributed by atoms with E-state index in [-0.39, 0.29) is 60.5 Å². The van der Waals surface area contributed by atoms with Gasteiger partial charge in [-0.05, 0) is 86.5 Å². The zero-order chi connectivity index (χ0) is 29.9. The number of ether oxygens (including phenoxy) is 1. The summed E-state index contributed by atoms with van der Waals surface area (Å²) in [6, 6.07) is 15.9. The van der Waals surface area contributed by atoms with Crippen LogP contribution in [0.25, 0.3) is 0 Å². The van der Waals surface area contributed by atoms with Crippen LogP contribution in [-0.4, -0.2) is 72.9 Å². The number of aliphatic hydroxyl groups excluding tert-OH is 1. The van der Waals surface area contributed by atoms with Gasteiger partial charge in [-0.15, -0.1) is 0 Å². The Morgan fingerprint density at radius 3 is 2.62 bits per heavy atom. The predicted octanol–water partition coefficient (Wildman–Crippen LogP) is 3.86. The van der Waals surface area contributed by atoms with E-state index in [2.05, 4.69) is 29.7 Å². The highest BCUT2D eigenvalue weighted by Gasteiger charge is 2.50. The Hall–Kier alpha value is -2.56. The Balaban J connectivity index is 1.22. The highest BCUT2D eigenvalue weighted by molar-refractivity contribution is 6.71. The van der Waals surface area contributed by atoms with Crippen LogP contribution in [-0.2, 0) is 33.7 Å². The molecule has 4 N–H and O–H groups in total. The number of carbonyl (C=O) groups is 2. The zero-order valence-corrected chi connectivity index (χ0v) is 26.2.